The van der Waals surface area contributed by atoms with E-state index in [0.717, 1.165) is 42.9 Å². The summed E-state index contributed by atoms with van der Waals surface area (Å²) in [6.45, 7) is 2.15. The summed E-state index contributed by atoms with van der Waals surface area (Å²) in [6.07, 6.45) is 4.23. The van der Waals surface area contributed by atoms with Gasteiger partial charge < -0.3 is 0 Å². The molecule has 20 heavy (non-hydrogen) atoms. The first-order chi connectivity index (χ1) is 9.63. The molecule has 0 bridgehead atoms. The predicted molar refractivity (Wildman–Crippen MR) is 82.7 cm³/mol. The highest BCUT2D eigenvalue weighted by Gasteiger charge is 2.13. The minimum absolute atomic E-state index is 0.163. The van der Waals surface area contributed by atoms with Crippen LogP contribution in [0.4, 0.5) is 8.78 Å². The number of unbranched alkanes of at least 4 members (excludes halogenated alkanes) is 2. The molecule has 0 N–H and O–H groups in total. The van der Waals surface area contributed by atoms with Crippen molar-refractivity contribution in [2.24, 2.45) is 0 Å². The van der Waals surface area contributed by atoms with E-state index in [1.165, 1.54) is 6.07 Å². The molecular formula is C17H17BrF2. The lowest BCUT2D eigenvalue weighted by Crippen LogP contribution is -1.94. The summed E-state index contributed by atoms with van der Waals surface area (Å²) in [5.74, 6) is -0.842. The molecule has 0 heterocycles. The van der Waals surface area contributed by atoms with Gasteiger partial charge in [-0.1, -0.05) is 44.0 Å². The molecule has 0 aliphatic rings. The fourth-order valence-corrected chi connectivity index (χ4v) is 2.75. The molecule has 0 aliphatic carbocycles. The summed E-state index contributed by atoms with van der Waals surface area (Å²) in [4.78, 5) is 0. The highest BCUT2D eigenvalue weighted by Crippen LogP contribution is 2.32. The number of benzene rings is 2. The van der Waals surface area contributed by atoms with Crippen LogP contribution in [0.3, 0.4) is 0 Å². The summed E-state index contributed by atoms with van der Waals surface area (Å²) in [6, 6.07) is 10.1. The van der Waals surface area contributed by atoms with Crippen LogP contribution in [-0.2, 0) is 6.42 Å². The Morgan fingerprint density at radius 1 is 1.00 bits per heavy atom. The average molecular weight is 339 g/mol. The molecule has 2 aromatic rings. The van der Waals surface area contributed by atoms with E-state index in [0.29, 0.717) is 5.56 Å². The van der Waals surface area contributed by atoms with E-state index in [2.05, 4.69) is 22.9 Å². The van der Waals surface area contributed by atoms with Gasteiger partial charge in [-0.15, -0.1) is 0 Å². The van der Waals surface area contributed by atoms with Gasteiger partial charge >= 0.3 is 0 Å². The van der Waals surface area contributed by atoms with Crippen molar-refractivity contribution >= 4 is 15.9 Å². The number of hydrogen-bond acceptors (Lipinski definition) is 0. The first-order valence-electron chi connectivity index (χ1n) is 6.86. The van der Waals surface area contributed by atoms with Crippen LogP contribution in [0.1, 0.15) is 31.7 Å². The molecular weight excluding hydrogens is 322 g/mol. The molecule has 0 unspecified atom stereocenters. The largest absolute Gasteiger partial charge is 0.207 e. The molecule has 0 saturated carbocycles. The molecule has 0 radical (unpaired) electrons. The van der Waals surface area contributed by atoms with Gasteiger partial charge in [0.2, 0.25) is 0 Å². The van der Waals surface area contributed by atoms with Crippen molar-refractivity contribution in [2.45, 2.75) is 32.6 Å². The second-order valence-electron chi connectivity index (χ2n) is 4.86. The average Bonchev–Trinajstić information content (AvgIpc) is 2.44. The van der Waals surface area contributed by atoms with Crippen LogP contribution in [0.25, 0.3) is 11.1 Å². The molecule has 2 aromatic carbocycles. The third kappa shape index (κ3) is 3.45. The molecule has 0 amide bonds. The van der Waals surface area contributed by atoms with Crippen LogP contribution in [0.15, 0.2) is 40.9 Å². The number of hydrogen-bond donors (Lipinski definition) is 0. The molecule has 0 atom stereocenters. The molecule has 0 nitrogen and oxygen atoms in total. The lowest BCUT2D eigenvalue weighted by Gasteiger charge is -2.11. The lowest BCUT2D eigenvalue weighted by molar-refractivity contribution is 0.597. The number of halogens is 3. The molecule has 0 aliphatic heterocycles. The van der Waals surface area contributed by atoms with Crippen LogP contribution in [0, 0.1) is 11.6 Å². The molecule has 0 spiro atoms. The number of rotatable bonds is 5. The maximum Gasteiger partial charge on any atom is 0.145 e. The summed E-state index contributed by atoms with van der Waals surface area (Å²) >= 11 is 3.07. The van der Waals surface area contributed by atoms with Gasteiger partial charge in [0.05, 0.1) is 4.47 Å². The Balaban J connectivity index is 2.42. The Kier molecular flexibility index (Phi) is 5.30. The zero-order valence-corrected chi connectivity index (χ0v) is 13.0. The zero-order chi connectivity index (χ0) is 14.5. The Morgan fingerprint density at radius 3 is 2.50 bits per heavy atom. The smallest absolute Gasteiger partial charge is 0.145 e. The minimum Gasteiger partial charge on any atom is -0.207 e. The van der Waals surface area contributed by atoms with E-state index in [9.17, 15) is 8.78 Å². The van der Waals surface area contributed by atoms with Crippen LogP contribution < -0.4 is 0 Å². The fourth-order valence-electron chi connectivity index (χ4n) is 2.32. The minimum atomic E-state index is -0.434. The van der Waals surface area contributed by atoms with Crippen LogP contribution in [-0.4, -0.2) is 0 Å². The van der Waals surface area contributed by atoms with Gasteiger partial charge in [0.25, 0.3) is 0 Å². The highest BCUT2D eigenvalue weighted by atomic mass is 79.9. The Labute approximate surface area is 127 Å². The summed E-state index contributed by atoms with van der Waals surface area (Å²) in [7, 11) is 0. The van der Waals surface area contributed by atoms with E-state index in [-0.39, 0.29) is 4.47 Å². The van der Waals surface area contributed by atoms with Gasteiger partial charge in [0.15, 0.2) is 0 Å². The van der Waals surface area contributed by atoms with E-state index in [4.69, 9.17) is 0 Å². The van der Waals surface area contributed by atoms with Crippen molar-refractivity contribution in [3.05, 3.63) is 58.1 Å². The molecule has 3 heteroatoms. The SMILES string of the molecule is CCCCCc1ccccc1-c1cc(F)cc(Br)c1F. The van der Waals surface area contributed by atoms with Crippen molar-refractivity contribution in [2.75, 3.05) is 0 Å². The van der Waals surface area contributed by atoms with Crippen LogP contribution in [0.5, 0.6) is 0 Å². The maximum absolute atomic E-state index is 14.2. The van der Waals surface area contributed by atoms with E-state index in [1.54, 1.807) is 0 Å². The number of aryl methyl sites for hydroxylation is 1. The monoisotopic (exact) mass is 338 g/mol. The Hall–Kier alpha value is -1.22. The van der Waals surface area contributed by atoms with Crippen molar-refractivity contribution in [3.8, 4) is 11.1 Å². The van der Waals surface area contributed by atoms with Crippen molar-refractivity contribution in [1.82, 2.24) is 0 Å². The third-order valence-electron chi connectivity index (χ3n) is 3.35. The van der Waals surface area contributed by atoms with Crippen molar-refractivity contribution in [1.29, 1.82) is 0 Å². The topological polar surface area (TPSA) is 0 Å². The normalized spacial score (nSPS) is 10.8. The maximum atomic E-state index is 14.2. The zero-order valence-electron chi connectivity index (χ0n) is 11.4. The molecule has 2 rings (SSSR count). The third-order valence-corrected chi connectivity index (χ3v) is 3.93. The Morgan fingerprint density at radius 2 is 1.75 bits per heavy atom. The summed E-state index contributed by atoms with van der Waals surface area (Å²) < 4.78 is 27.9. The van der Waals surface area contributed by atoms with E-state index < -0.39 is 11.6 Å². The lowest BCUT2D eigenvalue weighted by atomic mass is 9.95. The van der Waals surface area contributed by atoms with Crippen LogP contribution >= 0.6 is 15.9 Å². The molecule has 0 fully saturated rings. The molecule has 106 valence electrons. The van der Waals surface area contributed by atoms with E-state index in [1.807, 2.05) is 24.3 Å². The summed E-state index contributed by atoms with van der Waals surface area (Å²) in [5.41, 5.74) is 2.17. The van der Waals surface area contributed by atoms with Gasteiger partial charge in [-0.25, -0.2) is 8.78 Å². The van der Waals surface area contributed by atoms with Gasteiger partial charge in [-0.3, -0.25) is 0 Å². The van der Waals surface area contributed by atoms with E-state index >= 15 is 0 Å². The van der Waals surface area contributed by atoms with Crippen molar-refractivity contribution in [3.63, 3.8) is 0 Å². The van der Waals surface area contributed by atoms with Crippen molar-refractivity contribution < 1.29 is 8.78 Å². The second-order valence-corrected chi connectivity index (χ2v) is 5.72. The first-order valence-corrected chi connectivity index (χ1v) is 7.65. The van der Waals surface area contributed by atoms with Gasteiger partial charge in [-0.2, -0.15) is 0 Å². The quantitative estimate of drug-likeness (QED) is 0.454. The van der Waals surface area contributed by atoms with Crippen LogP contribution in [0.2, 0.25) is 0 Å². The standard InChI is InChI=1S/C17H17BrF2/c1-2-3-4-7-12-8-5-6-9-14(12)15-10-13(19)11-16(18)17(15)20/h5-6,8-11H,2-4,7H2,1H3. The van der Waals surface area contributed by atoms with Gasteiger partial charge in [0.1, 0.15) is 11.6 Å². The van der Waals surface area contributed by atoms with Gasteiger partial charge in [-0.05, 0) is 52.0 Å². The molecule has 0 aromatic heterocycles. The summed E-state index contributed by atoms with van der Waals surface area (Å²) in [5, 5.41) is 0. The first kappa shape index (κ1) is 15.2. The highest BCUT2D eigenvalue weighted by molar-refractivity contribution is 9.10. The predicted octanol–water partition coefficient (Wildman–Crippen LogP) is 6.13. The Bertz CT molecular complexity index is 594. The molecule has 0 saturated heterocycles. The fraction of sp³-hybridized carbons (Fsp3) is 0.294. The second kappa shape index (κ2) is 6.98. The van der Waals surface area contributed by atoms with Gasteiger partial charge in [0, 0.05) is 5.56 Å².